The van der Waals surface area contributed by atoms with Gasteiger partial charge in [0, 0.05) is 31.3 Å². The van der Waals surface area contributed by atoms with Crippen LogP contribution in [0.15, 0.2) is 36.8 Å². The van der Waals surface area contributed by atoms with E-state index in [0.717, 1.165) is 42.5 Å². The number of benzene rings is 1. The van der Waals surface area contributed by atoms with Gasteiger partial charge in [0.1, 0.15) is 23.6 Å². The fourth-order valence-electron chi connectivity index (χ4n) is 3.95. The van der Waals surface area contributed by atoms with Crippen molar-refractivity contribution in [2.24, 2.45) is 13.0 Å². The Labute approximate surface area is 167 Å². The van der Waals surface area contributed by atoms with Crippen LogP contribution in [0.4, 0.5) is 10.2 Å². The van der Waals surface area contributed by atoms with Crippen LogP contribution >= 0.6 is 11.6 Å². The Bertz CT molecular complexity index is 1010. The van der Waals surface area contributed by atoms with Gasteiger partial charge < -0.3 is 9.88 Å². The Morgan fingerprint density at radius 3 is 2.79 bits per heavy atom. The number of carbonyl (C=O) groups is 1. The molecular formula is C21H22ClFN4O. The molecular weight excluding hydrogens is 379 g/mol. The zero-order valence-corrected chi connectivity index (χ0v) is 16.4. The number of hydrogen-bond donors (Lipinski definition) is 1. The van der Waals surface area contributed by atoms with E-state index in [1.54, 1.807) is 6.33 Å². The van der Waals surface area contributed by atoms with Gasteiger partial charge in [-0.05, 0) is 55.9 Å². The second kappa shape index (κ2) is 7.87. The molecule has 1 aromatic carbocycles. The fourth-order valence-corrected chi connectivity index (χ4v) is 4.13. The Morgan fingerprint density at radius 1 is 1.25 bits per heavy atom. The lowest BCUT2D eigenvalue weighted by Gasteiger charge is -2.29. The van der Waals surface area contributed by atoms with Gasteiger partial charge >= 0.3 is 0 Å². The summed E-state index contributed by atoms with van der Waals surface area (Å²) in [6, 6.07) is 6.55. The van der Waals surface area contributed by atoms with E-state index in [0.29, 0.717) is 23.9 Å². The van der Waals surface area contributed by atoms with Crippen LogP contribution < -0.4 is 5.32 Å². The van der Waals surface area contributed by atoms with Crippen LogP contribution in [0.3, 0.4) is 0 Å². The molecule has 2 heterocycles. The molecule has 7 heteroatoms. The summed E-state index contributed by atoms with van der Waals surface area (Å²) in [7, 11) is 1.97. The van der Waals surface area contributed by atoms with Crippen LogP contribution in [0.2, 0.25) is 5.02 Å². The van der Waals surface area contributed by atoms with Crippen molar-refractivity contribution in [2.45, 2.75) is 38.1 Å². The van der Waals surface area contributed by atoms with Gasteiger partial charge in [0.15, 0.2) is 5.78 Å². The zero-order valence-electron chi connectivity index (χ0n) is 15.7. The van der Waals surface area contributed by atoms with Crippen molar-refractivity contribution in [1.82, 2.24) is 14.5 Å². The molecule has 28 heavy (non-hydrogen) atoms. The maximum Gasteiger partial charge on any atom is 0.163 e. The largest absolute Gasteiger partial charge is 0.367 e. The molecule has 1 aliphatic rings. The van der Waals surface area contributed by atoms with Crippen molar-refractivity contribution < 1.29 is 9.18 Å². The van der Waals surface area contributed by atoms with Gasteiger partial charge in [-0.15, -0.1) is 0 Å². The summed E-state index contributed by atoms with van der Waals surface area (Å²) in [6.45, 7) is 0. The molecule has 0 atom stereocenters. The molecule has 0 amide bonds. The average molecular weight is 401 g/mol. The van der Waals surface area contributed by atoms with Gasteiger partial charge in [-0.1, -0.05) is 11.6 Å². The summed E-state index contributed by atoms with van der Waals surface area (Å²) in [5.41, 5.74) is 1.40. The second-order valence-electron chi connectivity index (χ2n) is 7.50. The first-order valence-corrected chi connectivity index (χ1v) is 9.90. The standard InChI is InChI=1S/C21H22ClFN4O/c1-27-9-8-16-20(24-12-25-21(16)27)26-15-5-2-13(3-6-15)10-19(28)14-4-7-18(23)17(22)11-14/h4,7-9,11-13,15H,2-3,5-6,10H2,1H3,(H,24,25,26). The number of aromatic nitrogens is 3. The highest BCUT2D eigenvalue weighted by Crippen LogP contribution is 2.31. The van der Waals surface area contributed by atoms with Crippen LogP contribution in [0.25, 0.3) is 11.0 Å². The number of nitrogens with one attached hydrogen (secondary N) is 1. The summed E-state index contributed by atoms with van der Waals surface area (Å²) in [6.07, 6.45) is 7.96. The molecule has 0 radical (unpaired) electrons. The molecule has 5 nitrogen and oxygen atoms in total. The van der Waals surface area contributed by atoms with Crippen molar-refractivity contribution >= 4 is 34.2 Å². The lowest BCUT2D eigenvalue weighted by Crippen LogP contribution is -2.27. The number of carbonyl (C=O) groups excluding carboxylic acids is 1. The van der Waals surface area contributed by atoms with Crippen molar-refractivity contribution in [3.05, 3.63) is 53.2 Å². The number of ketones is 1. The van der Waals surface area contributed by atoms with E-state index < -0.39 is 5.82 Å². The van der Waals surface area contributed by atoms with Crippen LogP contribution in [0.5, 0.6) is 0 Å². The smallest absolute Gasteiger partial charge is 0.163 e. The number of fused-ring (bicyclic) bond motifs is 1. The normalized spacial score (nSPS) is 19.7. The third kappa shape index (κ3) is 3.87. The first-order valence-electron chi connectivity index (χ1n) is 9.52. The topological polar surface area (TPSA) is 59.8 Å². The number of hydrogen-bond acceptors (Lipinski definition) is 4. The van der Waals surface area contributed by atoms with E-state index in [1.807, 2.05) is 23.9 Å². The number of Topliss-reactive ketones (excluding diaryl/α,β-unsaturated/α-hetero) is 1. The predicted octanol–water partition coefficient (Wildman–Crippen LogP) is 5.00. The highest BCUT2D eigenvalue weighted by atomic mass is 35.5. The summed E-state index contributed by atoms with van der Waals surface area (Å²) >= 11 is 5.79. The van der Waals surface area contributed by atoms with E-state index in [-0.39, 0.29) is 10.8 Å². The molecule has 0 aliphatic heterocycles. The van der Waals surface area contributed by atoms with Crippen LogP contribution in [-0.2, 0) is 7.05 Å². The lowest BCUT2D eigenvalue weighted by atomic mass is 9.82. The Kier molecular flexibility index (Phi) is 5.31. The predicted molar refractivity (Wildman–Crippen MR) is 108 cm³/mol. The molecule has 0 bridgehead atoms. The number of anilines is 1. The molecule has 0 unspecified atom stereocenters. The summed E-state index contributed by atoms with van der Waals surface area (Å²) < 4.78 is 15.3. The molecule has 4 rings (SSSR count). The van der Waals surface area contributed by atoms with Crippen LogP contribution in [-0.4, -0.2) is 26.4 Å². The van der Waals surface area contributed by atoms with Crippen molar-refractivity contribution in [3.63, 3.8) is 0 Å². The van der Waals surface area contributed by atoms with Crippen molar-refractivity contribution in [1.29, 1.82) is 0 Å². The van der Waals surface area contributed by atoms with E-state index in [9.17, 15) is 9.18 Å². The van der Waals surface area contributed by atoms with Gasteiger partial charge in [-0.3, -0.25) is 4.79 Å². The number of halogens is 2. The van der Waals surface area contributed by atoms with Gasteiger partial charge in [-0.25, -0.2) is 14.4 Å². The van der Waals surface area contributed by atoms with Crippen molar-refractivity contribution in [2.75, 3.05) is 5.32 Å². The van der Waals surface area contributed by atoms with Gasteiger partial charge in [0.05, 0.1) is 10.4 Å². The molecule has 1 aliphatic carbocycles. The monoisotopic (exact) mass is 400 g/mol. The van der Waals surface area contributed by atoms with E-state index in [4.69, 9.17) is 11.6 Å². The minimum absolute atomic E-state index is 0.00386. The van der Waals surface area contributed by atoms with Gasteiger partial charge in [0.25, 0.3) is 0 Å². The summed E-state index contributed by atoms with van der Waals surface area (Å²) in [5, 5.41) is 4.57. The van der Waals surface area contributed by atoms with Gasteiger partial charge in [0.2, 0.25) is 0 Å². The molecule has 1 N–H and O–H groups in total. The summed E-state index contributed by atoms with van der Waals surface area (Å²) in [4.78, 5) is 21.2. The molecule has 3 aromatic rings. The second-order valence-corrected chi connectivity index (χ2v) is 7.91. The zero-order chi connectivity index (χ0) is 19.7. The number of aryl methyl sites for hydroxylation is 1. The Balaban J connectivity index is 1.34. The SMILES string of the molecule is Cn1ccc2c(NC3CCC(CC(=O)c4ccc(F)c(Cl)c4)CC3)ncnc21. The quantitative estimate of drug-likeness (QED) is 0.612. The Hall–Kier alpha value is -2.47. The minimum Gasteiger partial charge on any atom is -0.367 e. The maximum absolute atomic E-state index is 13.3. The third-order valence-corrected chi connectivity index (χ3v) is 5.85. The van der Waals surface area contributed by atoms with E-state index in [1.165, 1.54) is 18.2 Å². The van der Waals surface area contributed by atoms with E-state index >= 15 is 0 Å². The van der Waals surface area contributed by atoms with Crippen molar-refractivity contribution in [3.8, 4) is 0 Å². The molecule has 0 spiro atoms. The molecule has 1 saturated carbocycles. The molecule has 146 valence electrons. The highest BCUT2D eigenvalue weighted by Gasteiger charge is 2.24. The first-order chi connectivity index (χ1) is 13.5. The Morgan fingerprint density at radius 2 is 2.04 bits per heavy atom. The molecule has 1 fully saturated rings. The number of rotatable bonds is 5. The minimum atomic E-state index is -0.498. The number of nitrogens with zero attached hydrogens (tertiary/aromatic N) is 3. The van der Waals surface area contributed by atoms with Gasteiger partial charge in [-0.2, -0.15) is 0 Å². The third-order valence-electron chi connectivity index (χ3n) is 5.57. The van der Waals surface area contributed by atoms with E-state index in [2.05, 4.69) is 15.3 Å². The first kappa shape index (κ1) is 18.9. The van der Waals surface area contributed by atoms with Crippen LogP contribution in [0.1, 0.15) is 42.5 Å². The fraction of sp³-hybridized carbons (Fsp3) is 0.381. The maximum atomic E-state index is 13.3. The average Bonchev–Trinajstić information content (AvgIpc) is 3.07. The van der Waals surface area contributed by atoms with Crippen LogP contribution in [0, 0.1) is 11.7 Å². The molecule has 2 aromatic heterocycles. The summed E-state index contributed by atoms with van der Waals surface area (Å²) in [5.74, 6) is 0.741. The lowest BCUT2D eigenvalue weighted by molar-refractivity contribution is 0.0949. The highest BCUT2D eigenvalue weighted by molar-refractivity contribution is 6.31. The molecule has 0 saturated heterocycles.